The zero-order valence-corrected chi connectivity index (χ0v) is 13.1. The molecule has 0 heterocycles. The average Bonchev–Trinajstić information content (AvgIpc) is 2.47. The topological polar surface area (TPSA) is 41.5 Å². The van der Waals surface area contributed by atoms with Gasteiger partial charge in [-0.25, -0.2) is 0 Å². The van der Waals surface area contributed by atoms with Gasteiger partial charge in [0, 0.05) is 17.6 Å². The first-order valence-electron chi connectivity index (χ1n) is 7.20. The lowest BCUT2D eigenvalue weighted by molar-refractivity contribution is 0.396. The summed E-state index contributed by atoms with van der Waals surface area (Å²) in [7, 11) is 1.69. The summed E-state index contributed by atoms with van der Waals surface area (Å²) in [5.41, 5.74) is 3.42. The fourth-order valence-corrected chi connectivity index (χ4v) is 2.55. The summed E-state index contributed by atoms with van der Waals surface area (Å²) in [5.74, 6) is 1.19. The Morgan fingerprint density at radius 3 is 2.48 bits per heavy atom. The zero-order valence-electron chi connectivity index (χ0n) is 13.1. The van der Waals surface area contributed by atoms with Gasteiger partial charge in [-0.2, -0.15) is 0 Å². The standard InChI is InChI=1S/C18H23NO2/c1-12-8-9-18(21-4)17(10-12)14(3)19-13(2)15-6-5-7-16(20)11-15/h5-11,13-14,19-20H,1-4H3. The highest BCUT2D eigenvalue weighted by molar-refractivity contribution is 5.39. The third-order valence-electron chi connectivity index (χ3n) is 3.72. The van der Waals surface area contributed by atoms with Gasteiger partial charge in [-0.15, -0.1) is 0 Å². The molecule has 0 saturated heterocycles. The molecule has 0 spiro atoms. The Hall–Kier alpha value is -2.00. The second-order valence-electron chi connectivity index (χ2n) is 5.45. The van der Waals surface area contributed by atoms with E-state index in [2.05, 4.69) is 32.2 Å². The lowest BCUT2D eigenvalue weighted by Crippen LogP contribution is -2.23. The number of nitrogens with one attached hydrogen (secondary N) is 1. The first-order chi connectivity index (χ1) is 10.0. The molecule has 2 atom stereocenters. The summed E-state index contributed by atoms with van der Waals surface area (Å²) in [6.07, 6.45) is 0. The van der Waals surface area contributed by atoms with Crippen LogP contribution in [0.1, 0.15) is 42.6 Å². The van der Waals surface area contributed by atoms with Crippen LogP contribution in [0.4, 0.5) is 0 Å². The largest absolute Gasteiger partial charge is 0.508 e. The number of ether oxygens (including phenoxy) is 1. The Morgan fingerprint density at radius 2 is 1.81 bits per heavy atom. The molecule has 2 unspecified atom stereocenters. The fourth-order valence-electron chi connectivity index (χ4n) is 2.55. The third-order valence-corrected chi connectivity index (χ3v) is 3.72. The molecule has 0 aliphatic heterocycles. The molecule has 0 fully saturated rings. The Bertz CT molecular complexity index is 610. The van der Waals surface area contributed by atoms with Crippen molar-refractivity contribution in [3.63, 3.8) is 0 Å². The molecule has 2 rings (SSSR count). The number of hydrogen-bond acceptors (Lipinski definition) is 3. The van der Waals surface area contributed by atoms with Crippen LogP contribution in [-0.4, -0.2) is 12.2 Å². The lowest BCUT2D eigenvalue weighted by atomic mass is 10.0. The molecule has 112 valence electrons. The lowest BCUT2D eigenvalue weighted by Gasteiger charge is -2.23. The van der Waals surface area contributed by atoms with Crippen molar-refractivity contribution >= 4 is 0 Å². The van der Waals surface area contributed by atoms with Gasteiger partial charge < -0.3 is 15.2 Å². The van der Waals surface area contributed by atoms with Crippen molar-refractivity contribution in [1.82, 2.24) is 5.32 Å². The van der Waals surface area contributed by atoms with Crippen LogP contribution >= 0.6 is 0 Å². The predicted molar refractivity (Wildman–Crippen MR) is 85.8 cm³/mol. The number of rotatable bonds is 5. The van der Waals surface area contributed by atoms with E-state index in [0.717, 1.165) is 16.9 Å². The van der Waals surface area contributed by atoms with Crippen molar-refractivity contribution in [2.24, 2.45) is 0 Å². The van der Waals surface area contributed by atoms with Gasteiger partial charge in [-0.1, -0.05) is 29.8 Å². The average molecular weight is 285 g/mol. The normalized spacial score (nSPS) is 13.7. The number of benzene rings is 2. The monoisotopic (exact) mass is 285 g/mol. The number of phenolic OH excluding ortho intramolecular Hbond substituents is 1. The minimum absolute atomic E-state index is 0.136. The Kier molecular flexibility index (Phi) is 4.86. The zero-order chi connectivity index (χ0) is 15.4. The van der Waals surface area contributed by atoms with Crippen molar-refractivity contribution < 1.29 is 9.84 Å². The van der Waals surface area contributed by atoms with Crippen LogP contribution in [0.3, 0.4) is 0 Å². The van der Waals surface area contributed by atoms with Crippen molar-refractivity contribution in [2.45, 2.75) is 32.9 Å². The van der Waals surface area contributed by atoms with Crippen LogP contribution in [-0.2, 0) is 0 Å². The Morgan fingerprint density at radius 1 is 1.05 bits per heavy atom. The first kappa shape index (κ1) is 15.4. The molecule has 0 aliphatic rings. The quantitative estimate of drug-likeness (QED) is 0.868. The number of aryl methyl sites for hydroxylation is 1. The molecular weight excluding hydrogens is 262 g/mol. The van der Waals surface area contributed by atoms with Gasteiger partial charge >= 0.3 is 0 Å². The maximum Gasteiger partial charge on any atom is 0.123 e. The van der Waals surface area contributed by atoms with E-state index in [1.807, 2.05) is 24.3 Å². The van der Waals surface area contributed by atoms with E-state index in [4.69, 9.17) is 4.74 Å². The Labute approximate surface area is 126 Å². The first-order valence-corrected chi connectivity index (χ1v) is 7.20. The number of aromatic hydroxyl groups is 1. The molecule has 0 saturated carbocycles. The minimum Gasteiger partial charge on any atom is -0.508 e. The summed E-state index contributed by atoms with van der Waals surface area (Å²) in [6, 6.07) is 13.8. The molecule has 2 N–H and O–H groups in total. The Balaban J connectivity index is 2.17. The SMILES string of the molecule is COc1ccc(C)cc1C(C)NC(C)c1cccc(O)c1. The molecule has 0 amide bonds. The summed E-state index contributed by atoms with van der Waals surface area (Å²) < 4.78 is 5.45. The van der Waals surface area contributed by atoms with Crippen LogP contribution in [0.2, 0.25) is 0 Å². The highest BCUT2D eigenvalue weighted by Crippen LogP contribution is 2.28. The number of methoxy groups -OCH3 is 1. The van der Waals surface area contributed by atoms with Gasteiger partial charge in [0.2, 0.25) is 0 Å². The van der Waals surface area contributed by atoms with E-state index in [9.17, 15) is 5.11 Å². The van der Waals surface area contributed by atoms with Gasteiger partial charge in [0.25, 0.3) is 0 Å². The molecule has 0 aromatic heterocycles. The van der Waals surface area contributed by atoms with Crippen LogP contribution in [0, 0.1) is 6.92 Å². The van der Waals surface area contributed by atoms with E-state index in [0.29, 0.717) is 5.75 Å². The van der Waals surface area contributed by atoms with Crippen LogP contribution in [0.25, 0.3) is 0 Å². The maximum atomic E-state index is 9.58. The maximum absolute atomic E-state index is 9.58. The van der Waals surface area contributed by atoms with Gasteiger partial charge in [0.05, 0.1) is 7.11 Å². The minimum atomic E-state index is 0.136. The molecule has 2 aromatic rings. The summed E-state index contributed by atoms with van der Waals surface area (Å²) in [5, 5.41) is 13.1. The van der Waals surface area contributed by atoms with E-state index >= 15 is 0 Å². The highest BCUT2D eigenvalue weighted by Gasteiger charge is 2.15. The summed E-state index contributed by atoms with van der Waals surface area (Å²) in [6.45, 7) is 6.29. The van der Waals surface area contributed by atoms with Gasteiger partial charge in [0.1, 0.15) is 11.5 Å². The van der Waals surface area contributed by atoms with Crippen molar-refractivity contribution in [3.05, 3.63) is 59.2 Å². The summed E-state index contributed by atoms with van der Waals surface area (Å²) >= 11 is 0. The number of phenols is 1. The molecule has 3 nitrogen and oxygen atoms in total. The highest BCUT2D eigenvalue weighted by atomic mass is 16.5. The predicted octanol–water partition coefficient (Wildman–Crippen LogP) is 4.12. The van der Waals surface area contributed by atoms with Crippen molar-refractivity contribution in [2.75, 3.05) is 7.11 Å². The van der Waals surface area contributed by atoms with Crippen LogP contribution in [0.5, 0.6) is 11.5 Å². The van der Waals surface area contributed by atoms with Crippen molar-refractivity contribution in [3.8, 4) is 11.5 Å². The van der Waals surface area contributed by atoms with E-state index < -0.39 is 0 Å². The summed E-state index contributed by atoms with van der Waals surface area (Å²) in [4.78, 5) is 0. The molecule has 0 bridgehead atoms. The molecule has 2 aromatic carbocycles. The fraction of sp³-hybridized carbons (Fsp3) is 0.333. The van der Waals surface area contributed by atoms with Gasteiger partial charge in [-0.3, -0.25) is 0 Å². The third kappa shape index (κ3) is 3.76. The molecule has 3 heteroatoms. The van der Waals surface area contributed by atoms with E-state index in [-0.39, 0.29) is 12.1 Å². The second-order valence-corrected chi connectivity index (χ2v) is 5.45. The van der Waals surface area contributed by atoms with E-state index in [1.165, 1.54) is 5.56 Å². The van der Waals surface area contributed by atoms with Gasteiger partial charge in [-0.05, 0) is 44.5 Å². The smallest absolute Gasteiger partial charge is 0.123 e. The molecule has 21 heavy (non-hydrogen) atoms. The van der Waals surface area contributed by atoms with Crippen molar-refractivity contribution in [1.29, 1.82) is 0 Å². The van der Waals surface area contributed by atoms with Crippen LogP contribution < -0.4 is 10.1 Å². The molecule has 0 radical (unpaired) electrons. The van der Waals surface area contributed by atoms with Gasteiger partial charge in [0.15, 0.2) is 0 Å². The molecular formula is C18H23NO2. The molecule has 0 aliphatic carbocycles. The second kappa shape index (κ2) is 6.64. The van der Waals surface area contributed by atoms with Crippen LogP contribution in [0.15, 0.2) is 42.5 Å². The van der Waals surface area contributed by atoms with E-state index in [1.54, 1.807) is 19.2 Å². The number of hydrogen-bond donors (Lipinski definition) is 2.